The molecule has 5 N–H and O–H groups in total. The van der Waals surface area contributed by atoms with Crippen LogP contribution in [0.1, 0.15) is 19.5 Å². The summed E-state index contributed by atoms with van der Waals surface area (Å²) in [6.45, 7) is 5.07. The zero-order chi connectivity index (χ0) is 20.3. The van der Waals surface area contributed by atoms with Gasteiger partial charge in [-0.25, -0.2) is 0 Å². The van der Waals surface area contributed by atoms with E-state index < -0.39 is 5.91 Å². The van der Waals surface area contributed by atoms with E-state index in [4.69, 9.17) is 10.5 Å². The molecule has 0 bridgehead atoms. The summed E-state index contributed by atoms with van der Waals surface area (Å²) in [5, 5.41) is 1.40. The van der Waals surface area contributed by atoms with Gasteiger partial charge in [0, 0.05) is 22.9 Å². The van der Waals surface area contributed by atoms with E-state index in [9.17, 15) is 9.59 Å². The van der Waals surface area contributed by atoms with Crippen LogP contribution in [0.15, 0.2) is 53.3 Å². The number of carbonyl (C=O) groups excluding carboxylic acids is 1. The van der Waals surface area contributed by atoms with Crippen LogP contribution in [0.2, 0.25) is 0 Å². The van der Waals surface area contributed by atoms with Crippen LogP contribution in [0.5, 0.6) is 5.75 Å². The second-order valence-electron chi connectivity index (χ2n) is 7.21. The molecule has 0 atom stereocenters. The first-order chi connectivity index (χ1) is 13.4. The number of primary amides is 1. The largest absolute Gasteiger partial charge is 0.484 e. The molecule has 0 aliphatic rings. The summed E-state index contributed by atoms with van der Waals surface area (Å²) in [5.41, 5.74) is 12.1. The number of quaternary nitrogens is 1. The van der Waals surface area contributed by atoms with Crippen molar-refractivity contribution in [3.05, 3.63) is 64.6 Å². The molecule has 0 saturated carbocycles. The van der Waals surface area contributed by atoms with E-state index in [0.717, 1.165) is 22.2 Å². The first kappa shape index (κ1) is 19.6. The molecule has 0 spiro atoms. The van der Waals surface area contributed by atoms with Crippen molar-refractivity contribution >= 4 is 16.7 Å². The van der Waals surface area contributed by atoms with Gasteiger partial charge >= 0.3 is 0 Å². The Morgan fingerprint density at radius 3 is 2.46 bits per heavy atom. The van der Waals surface area contributed by atoms with Gasteiger partial charge in [0.25, 0.3) is 11.5 Å². The van der Waals surface area contributed by atoms with Gasteiger partial charge in [0.2, 0.25) is 0 Å². The topological polar surface area (TPSA) is 102 Å². The van der Waals surface area contributed by atoms with Crippen LogP contribution in [-0.2, 0) is 17.9 Å². The summed E-state index contributed by atoms with van der Waals surface area (Å²) in [6, 6.07) is 15.2. The average molecular weight is 380 g/mol. The fourth-order valence-corrected chi connectivity index (χ4v) is 3.46. The van der Waals surface area contributed by atoms with Crippen LogP contribution >= 0.6 is 0 Å². The number of pyridine rings is 1. The van der Waals surface area contributed by atoms with Gasteiger partial charge in [0.05, 0.1) is 5.69 Å². The smallest absolute Gasteiger partial charge is 0.258 e. The number of hydrogen-bond acceptors (Lipinski definition) is 3. The molecule has 28 heavy (non-hydrogen) atoms. The Bertz CT molecular complexity index is 1060. The molecule has 146 valence electrons. The Morgan fingerprint density at radius 2 is 1.86 bits per heavy atom. The molecule has 3 rings (SSSR count). The Morgan fingerprint density at radius 1 is 1.14 bits per heavy atom. The zero-order valence-corrected chi connectivity index (χ0v) is 16.3. The number of nitrogens with two attached hydrogens (primary N) is 1. The van der Waals surface area contributed by atoms with E-state index in [1.807, 2.05) is 34.9 Å². The van der Waals surface area contributed by atoms with Crippen molar-refractivity contribution in [1.29, 1.82) is 0 Å². The Labute approximate surface area is 163 Å². The van der Waals surface area contributed by atoms with Crippen LogP contribution in [0.3, 0.4) is 0 Å². The molecule has 0 radical (unpaired) electrons. The van der Waals surface area contributed by atoms with Crippen LogP contribution in [0.4, 0.5) is 0 Å². The Kier molecular flexibility index (Phi) is 5.80. The molecule has 6 nitrogen and oxygen atoms in total. The van der Waals surface area contributed by atoms with Crippen molar-refractivity contribution < 1.29 is 15.3 Å². The maximum Gasteiger partial charge on any atom is 0.258 e. The molecule has 1 aromatic heterocycles. The molecule has 6 heteroatoms. The third-order valence-electron chi connectivity index (χ3n) is 4.58. The van der Waals surface area contributed by atoms with Crippen molar-refractivity contribution in [3.63, 3.8) is 0 Å². The van der Waals surface area contributed by atoms with Crippen molar-refractivity contribution in [2.75, 3.05) is 6.61 Å². The Hall–Kier alpha value is -3.12. The minimum absolute atomic E-state index is 0.0384. The molecular weight excluding hydrogens is 354 g/mol. The van der Waals surface area contributed by atoms with Gasteiger partial charge in [-0.2, -0.15) is 0 Å². The molecule has 1 amide bonds. The van der Waals surface area contributed by atoms with Gasteiger partial charge in [-0.3, -0.25) is 9.59 Å². The fourth-order valence-electron chi connectivity index (χ4n) is 3.46. The number of amides is 1. The average Bonchev–Trinajstić information content (AvgIpc) is 2.68. The van der Waals surface area contributed by atoms with E-state index in [1.54, 1.807) is 18.2 Å². The van der Waals surface area contributed by atoms with Gasteiger partial charge in [-0.15, -0.1) is 0 Å². The first-order valence-electron chi connectivity index (χ1n) is 9.37. The maximum atomic E-state index is 13.2. The number of ether oxygens (including phenoxy) is 1. The second kappa shape index (κ2) is 8.27. The Balaban J connectivity index is 2.34. The molecule has 3 aromatic rings. The zero-order valence-electron chi connectivity index (χ0n) is 16.3. The fraction of sp³-hybridized carbons (Fsp3) is 0.273. The predicted octanol–water partition coefficient (Wildman–Crippen LogP) is 1.93. The van der Waals surface area contributed by atoms with Gasteiger partial charge in [0.15, 0.2) is 6.61 Å². The van der Waals surface area contributed by atoms with E-state index in [2.05, 4.69) is 19.6 Å². The van der Waals surface area contributed by atoms with E-state index in [-0.39, 0.29) is 12.2 Å². The van der Waals surface area contributed by atoms with Crippen molar-refractivity contribution in [1.82, 2.24) is 4.57 Å². The molecule has 0 aliphatic heterocycles. The lowest BCUT2D eigenvalue weighted by Crippen LogP contribution is -2.50. The molecule has 0 saturated heterocycles. The molecule has 0 unspecified atom stereocenters. The molecular formula is C22H26N3O3+. The van der Waals surface area contributed by atoms with Crippen molar-refractivity contribution in [3.8, 4) is 16.9 Å². The lowest BCUT2D eigenvalue weighted by molar-refractivity contribution is -0.387. The summed E-state index contributed by atoms with van der Waals surface area (Å²) in [7, 11) is 0. The van der Waals surface area contributed by atoms with Gasteiger partial charge in [0.1, 0.15) is 12.3 Å². The van der Waals surface area contributed by atoms with E-state index in [0.29, 0.717) is 30.1 Å². The van der Waals surface area contributed by atoms with Gasteiger partial charge in [-0.05, 0) is 29.7 Å². The lowest BCUT2D eigenvalue weighted by Gasteiger charge is -2.20. The summed E-state index contributed by atoms with van der Waals surface area (Å²) < 4.78 is 7.32. The minimum Gasteiger partial charge on any atom is -0.484 e. The van der Waals surface area contributed by atoms with Gasteiger partial charge in [-0.1, -0.05) is 44.2 Å². The third kappa shape index (κ3) is 3.92. The molecule has 0 aliphatic carbocycles. The number of fused-ring (bicyclic) bond motifs is 1. The molecule has 2 aromatic carbocycles. The highest BCUT2D eigenvalue weighted by molar-refractivity contribution is 5.98. The monoisotopic (exact) mass is 380 g/mol. The predicted molar refractivity (Wildman–Crippen MR) is 110 cm³/mol. The third-order valence-corrected chi connectivity index (χ3v) is 4.58. The molecule has 1 heterocycles. The number of hydrogen-bond donors (Lipinski definition) is 2. The van der Waals surface area contributed by atoms with Crippen LogP contribution in [0.25, 0.3) is 21.9 Å². The quantitative estimate of drug-likeness (QED) is 0.655. The van der Waals surface area contributed by atoms with E-state index in [1.165, 1.54) is 0 Å². The van der Waals surface area contributed by atoms with Gasteiger partial charge < -0.3 is 20.8 Å². The summed E-state index contributed by atoms with van der Waals surface area (Å²) in [4.78, 5) is 24.3. The number of benzene rings is 2. The van der Waals surface area contributed by atoms with Crippen molar-refractivity contribution in [2.24, 2.45) is 11.7 Å². The van der Waals surface area contributed by atoms with Crippen LogP contribution in [-0.4, -0.2) is 17.1 Å². The highest BCUT2D eigenvalue weighted by atomic mass is 16.5. The SMILES string of the molecule is CC(C)Cn1c(C[NH3+])c(-c2ccccc2)c2cc(OCC(N)=O)ccc2c1=O. The normalized spacial score (nSPS) is 11.1. The first-order valence-corrected chi connectivity index (χ1v) is 9.37. The van der Waals surface area contributed by atoms with E-state index >= 15 is 0 Å². The number of carbonyl (C=O) groups is 1. The molecule has 0 fully saturated rings. The van der Waals surface area contributed by atoms with Crippen molar-refractivity contribution in [2.45, 2.75) is 26.9 Å². The maximum absolute atomic E-state index is 13.2. The van der Waals surface area contributed by atoms with Crippen LogP contribution < -0.4 is 21.8 Å². The second-order valence-corrected chi connectivity index (χ2v) is 7.21. The lowest BCUT2D eigenvalue weighted by atomic mass is 9.96. The minimum atomic E-state index is -0.547. The number of aromatic nitrogens is 1. The number of rotatable bonds is 7. The summed E-state index contributed by atoms with van der Waals surface area (Å²) in [5.74, 6) is 0.274. The summed E-state index contributed by atoms with van der Waals surface area (Å²) in [6.07, 6.45) is 0. The van der Waals surface area contributed by atoms with Crippen LogP contribution in [0, 0.1) is 5.92 Å². The standard InChI is InChI=1S/C22H25N3O3/c1-14(2)12-25-19(11-23)21(15-6-4-3-5-7-15)18-10-16(28-13-20(24)26)8-9-17(18)22(25)27/h3-10,14H,11-13,23H2,1-2H3,(H2,24,26)/p+1. The highest BCUT2D eigenvalue weighted by Gasteiger charge is 2.19. The summed E-state index contributed by atoms with van der Waals surface area (Å²) >= 11 is 0. The number of nitrogens with zero attached hydrogens (tertiary/aromatic N) is 1. The highest BCUT2D eigenvalue weighted by Crippen LogP contribution is 2.33.